The van der Waals surface area contributed by atoms with E-state index < -0.39 is 15.9 Å². The number of fused-ring (bicyclic) bond motifs is 2. The Morgan fingerprint density at radius 2 is 1.53 bits per heavy atom. The number of nitrogens with zero attached hydrogens (tertiary/aromatic N) is 8. The molecule has 59 heavy (non-hydrogen) atoms. The Balaban J connectivity index is 0.966. The Bertz CT molecular complexity index is 2120. The van der Waals surface area contributed by atoms with Gasteiger partial charge >= 0.3 is 0 Å². The average Bonchev–Trinajstić information content (AvgIpc) is 4.04. The van der Waals surface area contributed by atoms with Crippen LogP contribution < -0.4 is 5.32 Å². The van der Waals surface area contributed by atoms with Crippen LogP contribution in [0.4, 0.5) is 0 Å². The molecule has 14 nitrogen and oxygen atoms in total. The van der Waals surface area contributed by atoms with Crippen LogP contribution in [-0.2, 0) is 43.6 Å². The lowest BCUT2D eigenvalue weighted by Crippen LogP contribution is -2.55. The second kappa shape index (κ2) is 17.0. The van der Waals surface area contributed by atoms with Gasteiger partial charge in [-0.1, -0.05) is 49.5 Å². The molecule has 9 heterocycles. The van der Waals surface area contributed by atoms with Gasteiger partial charge in [0, 0.05) is 81.1 Å². The van der Waals surface area contributed by atoms with Crippen molar-refractivity contribution >= 4 is 38.9 Å². The van der Waals surface area contributed by atoms with Crippen molar-refractivity contribution in [1.29, 1.82) is 0 Å². The molecule has 3 amide bonds. The van der Waals surface area contributed by atoms with E-state index in [1.54, 1.807) is 23.5 Å². The molecule has 318 valence electrons. The predicted octanol–water partition coefficient (Wildman–Crippen LogP) is 3.90. The first-order valence-electron chi connectivity index (χ1n) is 22.0. The molecule has 1 aromatic carbocycles. The molecule has 2 aromatic heterocycles. The summed E-state index contributed by atoms with van der Waals surface area (Å²) in [4.78, 5) is 57.6. The number of sulfone groups is 1. The summed E-state index contributed by atoms with van der Waals surface area (Å²) in [5, 5.41) is 13.6. The van der Waals surface area contributed by atoms with Crippen LogP contribution in [0.2, 0.25) is 0 Å². The lowest BCUT2D eigenvalue weighted by atomic mass is 9.86. The quantitative estimate of drug-likeness (QED) is 0.387. The van der Waals surface area contributed by atoms with Gasteiger partial charge in [-0.15, -0.1) is 16.4 Å². The predicted molar refractivity (Wildman–Crippen MR) is 223 cm³/mol. The molecule has 0 spiro atoms. The van der Waals surface area contributed by atoms with E-state index in [0.29, 0.717) is 58.0 Å². The standard InChI is InChI=1S/C43H59N9O5S2/c1-28-37-23-40(53)44-32-21-38(50(25-32)24-30-8-10-36(11-9-30)59(2,56)57)42(54)49-18-14-34(15-19-49)51-27-35(52-26-33(46-47-52)20-29-6-4-3-5-7-29)22-39(51)43(55)48-16-12-31(13-17-48)41(45-37)58-28/h8-11,26,29,31-32,34-35,38-39H,3-7,12-25,27H2,1-2H3,(H,44,53)/t32-,35+,38+,39+/m1/s1. The van der Waals surface area contributed by atoms with Gasteiger partial charge in [-0.05, 0) is 75.5 Å². The molecular formula is C43H59N9O5S2. The fraction of sp³-hybridized carbons (Fsp3) is 0.674. The van der Waals surface area contributed by atoms with E-state index >= 15 is 0 Å². The lowest BCUT2D eigenvalue weighted by molar-refractivity contribution is -0.141. The first kappa shape index (κ1) is 40.7. The number of rotatable bonds is 6. The molecule has 5 fully saturated rings. The summed E-state index contributed by atoms with van der Waals surface area (Å²) < 4.78 is 26.3. The summed E-state index contributed by atoms with van der Waals surface area (Å²) in [6.07, 6.45) is 15.4. The molecule has 0 unspecified atom stereocenters. The van der Waals surface area contributed by atoms with Crippen LogP contribution in [0.3, 0.4) is 0 Å². The number of thiazole rings is 1. The Labute approximate surface area is 352 Å². The minimum Gasteiger partial charge on any atom is -0.352 e. The van der Waals surface area contributed by atoms with E-state index in [1.165, 1.54) is 38.4 Å². The van der Waals surface area contributed by atoms with E-state index in [4.69, 9.17) is 4.98 Å². The van der Waals surface area contributed by atoms with Gasteiger partial charge in [0.15, 0.2) is 9.84 Å². The highest BCUT2D eigenvalue weighted by atomic mass is 32.2. The zero-order chi connectivity index (χ0) is 40.8. The molecule has 8 aliphatic rings. The molecule has 8 bridgehead atoms. The normalized spacial score (nSPS) is 29.2. The zero-order valence-electron chi connectivity index (χ0n) is 34.5. The zero-order valence-corrected chi connectivity index (χ0v) is 36.1. The van der Waals surface area contributed by atoms with Gasteiger partial charge in [0.25, 0.3) is 0 Å². The van der Waals surface area contributed by atoms with Crippen molar-refractivity contribution in [2.45, 2.75) is 138 Å². The number of carbonyl (C=O) groups is 3. The maximum absolute atomic E-state index is 14.6. The minimum atomic E-state index is -3.34. The number of carbonyl (C=O) groups excluding carboxylic acids is 3. The number of amides is 3. The topological polar surface area (TPSA) is 154 Å². The Morgan fingerprint density at radius 3 is 2.24 bits per heavy atom. The van der Waals surface area contributed by atoms with Gasteiger partial charge in [-0.2, -0.15) is 0 Å². The molecule has 1 N–H and O–H groups in total. The smallest absolute Gasteiger partial charge is 0.240 e. The summed E-state index contributed by atoms with van der Waals surface area (Å²) >= 11 is 1.67. The van der Waals surface area contributed by atoms with Crippen molar-refractivity contribution in [1.82, 2.24) is 44.9 Å². The minimum absolute atomic E-state index is 0.0571. The van der Waals surface area contributed by atoms with Crippen LogP contribution in [0.25, 0.3) is 0 Å². The molecule has 16 heteroatoms. The van der Waals surface area contributed by atoms with Crippen LogP contribution in [0.5, 0.6) is 0 Å². The van der Waals surface area contributed by atoms with E-state index in [9.17, 15) is 22.8 Å². The second-order valence-corrected chi connectivity index (χ2v) is 21.5. The number of hydrogen-bond acceptors (Lipinski definition) is 11. The highest BCUT2D eigenvalue weighted by molar-refractivity contribution is 7.90. The summed E-state index contributed by atoms with van der Waals surface area (Å²) in [6.45, 7) is 6.31. The number of nitrogens with one attached hydrogen (secondary N) is 1. The van der Waals surface area contributed by atoms with Gasteiger partial charge < -0.3 is 15.1 Å². The monoisotopic (exact) mass is 845 g/mol. The summed E-state index contributed by atoms with van der Waals surface area (Å²) in [5.74, 6) is 1.09. The second-order valence-electron chi connectivity index (χ2n) is 18.2. The Morgan fingerprint density at radius 1 is 0.831 bits per heavy atom. The number of aryl methyl sites for hydroxylation is 1. The lowest BCUT2D eigenvalue weighted by Gasteiger charge is -2.41. The van der Waals surface area contributed by atoms with Crippen molar-refractivity contribution in [3.63, 3.8) is 0 Å². The van der Waals surface area contributed by atoms with Gasteiger partial charge in [0.05, 0.1) is 45.8 Å². The van der Waals surface area contributed by atoms with Crippen LogP contribution in [0, 0.1) is 12.8 Å². The van der Waals surface area contributed by atoms with Gasteiger partial charge in [0.1, 0.15) is 0 Å². The molecular weight excluding hydrogens is 787 g/mol. The Kier molecular flexibility index (Phi) is 11.7. The maximum Gasteiger partial charge on any atom is 0.240 e. The van der Waals surface area contributed by atoms with Crippen molar-refractivity contribution in [3.05, 3.63) is 57.3 Å². The maximum atomic E-state index is 14.6. The van der Waals surface area contributed by atoms with Crippen molar-refractivity contribution in [2.75, 3.05) is 45.5 Å². The molecule has 11 rings (SSSR count). The fourth-order valence-electron chi connectivity index (χ4n) is 10.9. The average molecular weight is 846 g/mol. The van der Waals surface area contributed by atoms with Crippen molar-refractivity contribution in [3.8, 4) is 0 Å². The summed E-state index contributed by atoms with van der Waals surface area (Å²) in [7, 11) is -3.34. The van der Waals surface area contributed by atoms with Crippen LogP contribution in [0.1, 0.15) is 109 Å². The Hall–Kier alpha value is -3.73. The molecule has 0 radical (unpaired) electrons. The molecule has 1 aliphatic carbocycles. The molecule has 7 aliphatic heterocycles. The van der Waals surface area contributed by atoms with Crippen molar-refractivity contribution in [2.24, 2.45) is 5.92 Å². The highest BCUT2D eigenvalue weighted by Gasteiger charge is 2.46. The molecule has 3 aromatic rings. The number of benzene rings is 1. The van der Waals surface area contributed by atoms with E-state index in [2.05, 4.69) is 36.5 Å². The van der Waals surface area contributed by atoms with Crippen LogP contribution >= 0.6 is 11.3 Å². The number of hydrogen-bond donors (Lipinski definition) is 1. The third-order valence-electron chi connectivity index (χ3n) is 14.2. The molecule has 1 saturated carbocycles. The largest absolute Gasteiger partial charge is 0.352 e. The number of aromatic nitrogens is 4. The third-order valence-corrected chi connectivity index (χ3v) is 16.5. The number of likely N-dealkylation sites (tertiary alicyclic amines) is 1. The first-order valence-corrected chi connectivity index (χ1v) is 24.7. The van der Waals surface area contributed by atoms with Gasteiger partial charge in [-0.25, -0.2) is 18.1 Å². The van der Waals surface area contributed by atoms with Gasteiger partial charge in [0.2, 0.25) is 17.7 Å². The van der Waals surface area contributed by atoms with Gasteiger partial charge in [-0.3, -0.25) is 24.2 Å². The number of piperidine rings is 2. The molecule has 4 saturated heterocycles. The van der Waals surface area contributed by atoms with Crippen molar-refractivity contribution < 1.29 is 22.8 Å². The van der Waals surface area contributed by atoms with E-state index in [-0.39, 0.29) is 59.1 Å². The van der Waals surface area contributed by atoms with Crippen LogP contribution in [-0.4, -0.2) is 135 Å². The summed E-state index contributed by atoms with van der Waals surface area (Å²) in [6, 6.07) is 6.18. The fourth-order valence-corrected chi connectivity index (χ4v) is 12.6. The summed E-state index contributed by atoms with van der Waals surface area (Å²) in [5.41, 5.74) is 2.76. The third kappa shape index (κ3) is 8.87. The van der Waals surface area contributed by atoms with E-state index in [0.717, 1.165) is 65.5 Å². The molecule has 4 atom stereocenters. The first-order chi connectivity index (χ1) is 28.4. The SMILES string of the molecule is Cc1sc2nc1CC(=O)N[C@@H]1C[C@@H](C(=O)N3CCC(CC3)N3C[C@@H](n4cc(CC5CCCCC5)nn4)C[C@H]3C(=O)N3CCC2CC3)N(Cc2ccc(S(C)(=O)=O)cc2)C1. The van der Waals surface area contributed by atoms with Crippen LogP contribution in [0.15, 0.2) is 35.4 Å². The van der Waals surface area contributed by atoms with E-state index in [1.807, 2.05) is 28.6 Å². The highest BCUT2D eigenvalue weighted by Crippen LogP contribution is 2.37.